The van der Waals surface area contributed by atoms with Gasteiger partial charge in [-0.3, -0.25) is 4.98 Å². The van der Waals surface area contributed by atoms with Gasteiger partial charge in [0.05, 0.1) is 5.52 Å². The van der Waals surface area contributed by atoms with Gasteiger partial charge in [0.25, 0.3) is 0 Å². The topological polar surface area (TPSA) is 74.2 Å². The van der Waals surface area contributed by atoms with Crippen molar-refractivity contribution >= 4 is 34.3 Å². The Morgan fingerprint density at radius 2 is 1.53 bits per heavy atom. The minimum absolute atomic E-state index is 0.579. The second-order valence-electron chi connectivity index (χ2n) is 8.97. The number of rotatable bonds is 14. The normalized spacial score (nSPS) is 13.2. The van der Waals surface area contributed by atoms with Gasteiger partial charge < -0.3 is 15.7 Å². The van der Waals surface area contributed by atoms with E-state index in [0.29, 0.717) is 6.54 Å². The van der Waals surface area contributed by atoms with Gasteiger partial charge in [-0.05, 0) is 62.3 Å². The van der Waals surface area contributed by atoms with E-state index in [1.807, 2.05) is 12.1 Å². The smallest absolute Gasteiger partial charge is 0.404 e. The van der Waals surface area contributed by atoms with Gasteiger partial charge in [0, 0.05) is 34.9 Å². The zero-order valence-corrected chi connectivity index (χ0v) is 20.0. The van der Waals surface area contributed by atoms with Gasteiger partial charge in [0.1, 0.15) is 0 Å². The molecule has 0 aliphatic heterocycles. The molecule has 0 radical (unpaired) electrons. The average molecular weight is 460 g/mol. The lowest BCUT2D eigenvalue weighted by atomic mass is 9.92. The molecule has 176 valence electrons. The van der Waals surface area contributed by atoms with Crippen LogP contribution in [0, 0.1) is 0 Å². The summed E-state index contributed by atoms with van der Waals surface area (Å²) in [6, 6.07) is 6.08. The molecule has 32 heavy (non-hydrogen) atoms. The van der Waals surface area contributed by atoms with Crippen molar-refractivity contribution in [3.8, 4) is 0 Å². The summed E-state index contributed by atoms with van der Waals surface area (Å²) in [5.74, 6) is 0. The predicted octanol–water partition coefficient (Wildman–Crippen LogP) is 7.35. The number of benzene rings is 1. The van der Waals surface area contributed by atoms with Crippen LogP contribution in [0.1, 0.15) is 88.3 Å². The van der Waals surface area contributed by atoms with Crippen LogP contribution in [-0.4, -0.2) is 29.3 Å². The fourth-order valence-corrected chi connectivity index (χ4v) is 4.84. The molecule has 6 heteroatoms. The molecule has 1 aliphatic rings. The van der Waals surface area contributed by atoms with Crippen LogP contribution in [0.15, 0.2) is 18.2 Å². The minimum atomic E-state index is -0.918. The van der Waals surface area contributed by atoms with Crippen LogP contribution in [0.2, 0.25) is 5.02 Å². The molecule has 3 N–H and O–H groups in total. The Morgan fingerprint density at radius 1 is 0.906 bits per heavy atom. The van der Waals surface area contributed by atoms with Crippen molar-refractivity contribution in [2.24, 2.45) is 0 Å². The maximum absolute atomic E-state index is 10.4. The maximum Gasteiger partial charge on any atom is 0.404 e. The number of anilines is 1. The van der Waals surface area contributed by atoms with Crippen molar-refractivity contribution in [2.45, 2.75) is 89.9 Å². The van der Waals surface area contributed by atoms with Gasteiger partial charge in [-0.1, -0.05) is 63.0 Å². The fraction of sp³-hybridized carbons (Fsp3) is 0.615. The first-order chi connectivity index (χ1) is 15.6. The lowest BCUT2D eigenvalue weighted by molar-refractivity contribution is 0.194. The van der Waals surface area contributed by atoms with Crippen LogP contribution < -0.4 is 10.6 Å². The number of aryl methyl sites for hydroxylation is 1. The number of nitrogens with zero attached hydrogens (tertiary/aromatic N) is 1. The summed E-state index contributed by atoms with van der Waals surface area (Å²) in [4.78, 5) is 15.3. The van der Waals surface area contributed by atoms with E-state index in [-0.39, 0.29) is 0 Å². The summed E-state index contributed by atoms with van der Waals surface area (Å²) in [7, 11) is 0. The average Bonchev–Trinajstić information content (AvgIpc) is 2.78. The van der Waals surface area contributed by atoms with Gasteiger partial charge in [-0.25, -0.2) is 4.79 Å². The number of unbranched alkanes of at least 4 members (excludes halogenated alkanes) is 9. The Bertz CT molecular complexity index is 872. The molecule has 1 aromatic carbocycles. The highest BCUT2D eigenvalue weighted by molar-refractivity contribution is 6.31. The van der Waals surface area contributed by atoms with Crippen LogP contribution in [0.4, 0.5) is 10.5 Å². The van der Waals surface area contributed by atoms with Gasteiger partial charge in [0.2, 0.25) is 0 Å². The van der Waals surface area contributed by atoms with Crippen LogP contribution in [0.25, 0.3) is 10.9 Å². The molecule has 0 saturated heterocycles. The number of hydrogen-bond donors (Lipinski definition) is 3. The Kier molecular flexibility index (Phi) is 10.4. The molecule has 1 amide bonds. The van der Waals surface area contributed by atoms with Crippen molar-refractivity contribution < 1.29 is 9.90 Å². The van der Waals surface area contributed by atoms with Crippen LogP contribution in [0.3, 0.4) is 0 Å². The lowest BCUT2D eigenvalue weighted by Crippen LogP contribution is -2.21. The first kappa shape index (κ1) is 24.6. The molecule has 3 rings (SSSR count). The molecule has 0 saturated carbocycles. The summed E-state index contributed by atoms with van der Waals surface area (Å²) in [5, 5.41) is 16.7. The van der Waals surface area contributed by atoms with E-state index in [9.17, 15) is 4.79 Å². The Hall–Kier alpha value is -2.01. The molecule has 1 aromatic heterocycles. The molecular weight excluding hydrogens is 422 g/mol. The van der Waals surface area contributed by atoms with Gasteiger partial charge in [-0.15, -0.1) is 0 Å². The number of hydrogen-bond acceptors (Lipinski definition) is 3. The summed E-state index contributed by atoms with van der Waals surface area (Å²) >= 11 is 6.22. The highest BCUT2D eigenvalue weighted by Crippen LogP contribution is 2.34. The fourth-order valence-electron chi connectivity index (χ4n) is 4.67. The number of nitrogens with one attached hydrogen (secondary N) is 2. The second kappa shape index (κ2) is 13.5. The van der Waals surface area contributed by atoms with E-state index >= 15 is 0 Å². The van der Waals surface area contributed by atoms with Crippen LogP contribution >= 0.6 is 11.6 Å². The zero-order valence-electron chi connectivity index (χ0n) is 19.2. The number of halogens is 1. The zero-order chi connectivity index (χ0) is 22.6. The first-order valence-electron chi connectivity index (χ1n) is 12.5. The molecule has 0 atom stereocenters. The van der Waals surface area contributed by atoms with Crippen LogP contribution in [-0.2, 0) is 12.8 Å². The van der Waals surface area contributed by atoms with E-state index in [1.165, 1.54) is 86.5 Å². The predicted molar refractivity (Wildman–Crippen MR) is 134 cm³/mol. The number of carbonyl (C=O) groups is 1. The van der Waals surface area contributed by atoms with Crippen molar-refractivity contribution in [3.05, 3.63) is 34.5 Å². The van der Waals surface area contributed by atoms with Gasteiger partial charge in [0.15, 0.2) is 0 Å². The standard InChI is InChI=1S/C26H38ClN3O2/c27-20-15-16-22-24(19-20)30-23-14-10-9-13-21(23)25(22)28-17-11-7-5-3-1-2-4-6-8-12-18-29-26(31)32/h15-16,19,29H,1-14,17-18H2,(H,28,30)(H,31,32). The molecule has 0 unspecified atom stereocenters. The maximum atomic E-state index is 10.4. The Morgan fingerprint density at radius 3 is 2.22 bits per heavy atom. The largest absolute Gasteiger partial charge is 0.465 e. The van der Waals surface area contributed by atoms with Crippen molar-refractivity contribution in [2.75, 3.05) is 18.4 Å². The van der Waals surface area contributed by atoms with Gasteiger partial charge in [-0.2, -0.15) is 0 Å². The highest BCUT2D eigenvalue weighted by atomic mass is 35.5. The van der Waals surface area contributed by atoms with E-state index in [2.05, 4.69) is 16.7 Å². The monoisotopic (exact) mass is 459 g/mol. The first-order valence-corrected chi connectivity index (χ1v) is 12.8. The number of fused-ring (bicyclic) bond motifs is 2. The molecule has 0 spiro atoms. The van der Waals surface area contributed by atoms with E-state index in [0.717, 1.165) is 42.8 Å². The number of amides is 1. The molecule has 5 nitrogen and oxygen atoms in total. The number of pyridine rings is 1. The van der Waals surface area contributed by atoms with Gasteiger partial charge >= 0.3 is 6.09 Å². The van der Waals surface area contributed by atoms with Crippen molar-refractivity contribution in [1.82, 2.24) is 10.3 Å². The Balaban J connectivity index is 1.31. The molecule has 0 fully saturated rings. The summed E-state index contributed by atoms with van der Waals surface area (Å²) in [5.41, 5.74) is 4.98. The highest BCUT2D eigenvalue weighted by Gasteiger charge is 2.18. The number of aromatic nitrogens is 1. The number of carboxylic acid groups (broad SMARTS) is 1. The van der Waals surface area contributed by atoms with Crippen molar-refractivity contribution in [1.29, 1.82) is 0 Å². The Labute approximate surface area is 197 Å². The van der Waals surface area contributed by atoms with E-state index in [1.54, 1.807) is 0 Å². The second-order valence-corrected chi connectivity index (χ2v) is 9.41. The summed E-state index contributed by atoms with van der Waals surface area (Å²) in [6.45, 7) is 1.59. The van der Waals surface area contributed by atoms with E-state index in [4.69, 9.17) is 21.7 Å². The molecule has 2 aromatic rings. The quantitative estimate of drug-likeness (QED) is 0.258. The summed E-state index contributed by atoms with van der Waals surface area (Å²) in [6.07, 6.45) is 16.0. The molecular formula is C26H38ClN3O2. The molecule has 1 aliphatic carbocycles. The third-order valence-corrected chi connectivity index (χ3v) is 6.64. The third-order valence-electron chi connectivity index (χ3n) is 6.41. The minimum Gasteiger partial charge on any atom is -0.465 e. The van der Waals surface area contributed by atoms with Crippen LogP contribution in [0.5, 0.6) is 0 Å². The van der Waals surface area contributed by atoms with E-state index < -0.39 is 6.09 Å². The SMILES string of the molecule is O=C(O)NCCCCCCCCCCCCNc1c2c(nc3cc(Cl)ccc13)CCCC2. The summed E-state index contributed by atoms with van der Waals surface area (Å²) < 4.78 is 0. The lowest BCUT2D eigenvalue weighted by Gasteiger charge is -2.22. The van der Waals surface area contributed by atoms with Crippen molar-refractivity contribution in [3.63, 3.8) is 0 Å². The third kappa shape index (κ3) is 7.84. The molecule has 1 heterocycles. The molecule has 0 bridgehead atoms.